The van der Waals surface area contributed by atoms with Crippen LogP contribution in [0.2, 0.25) is 0 Å². The second-order valence-electron chi connectivity index (χ2n) is 21.6. The van der Waals surface area contributed by atoms with Gasteiger partial charge in [0.25, 0.3) is 0 Å². The van der Waals surface area contributed by atoms with E-state index in [0.29, 0.717) is 12.2 Å². The fraction of sp³-hybridized carbons (Fsp3) is 0.102. The average molecular weight is 884 g/mol. The molecule has 3 nitrogen and oxygen atoms in total. The Morgan fingerprint density at radius 2 is 1.19 bits per heavy atom. The number of phenolic OH excluding ortho intramolecular Hbond substituents is 1. The summed E-state index contributed by atoms with van der Waals surface area (Å²) in [6.07, 6.45) is 6.99. The second kappa shape index (κ2) is 18.4. The summed E-state index contributed by atoms with van der Waals surface area (Å²) in [5, 5.41) is 16.8. The molecule has 0 bridgehead atoms. The van der Waals surface area contributed by atoms with Gasteiger partial charge in [0, 0.05) is 0 Å². The van der Waals surface area contributed by atoms with Crippen LogP contribution in [0.1, 0.15) is 37.5 Å². The van der Waals surface area contributed by atoms with Crippen LogP contribution in [0.4, 0.5) is 0 Å². The van der Waals surface area contributed by atoms with E-state index < -0.39 is 5.41 Å². The molecule has 7 aromatic rings. The minimum absolute atomic E-state index is 0.372. The van der Waals surface area contributed by atoms with Crippen LogP contribution < -0.4 is 70.8 Å². The van der Waals surface area contributed by atoms with Gasteiger partial charge in [0.05, 0.1) is 0 Å². The zero-order chi connectivity index (χ0) is 51.5. The van der Waals surface area contributed by atoms with Crippen LogP contribution in [0.25, 0.3) is 61.1 Å². The summed E-state index contributed by atoms with van der Waals surface area (Å²) in [7, 11) is 43.0. The molecule has 0 saturated heterocycles. The molecule has 1 aliphatic rings. The zero-order valence-electron chi connectivity index (χ0n) is 46.0. The summed E-state index contributed by atoms with van der Waals surface area (Å²) in [6.45, 7) is 6.73. The summed E-state index contributed by atoms with van der Waals surface area (Å²) < 4.78 is 2.36. The maximum atomic E-state index is 12.0. The number of para-hydroxylation sites is 2. The number of allylic oxidation sites excluding steroid dienone is 6. The van der Waals surface area contributed by atoms with E-state index >= 15 is 0 Å². The summed E-state index contributed by atoms with van der Waals surface area (Å²) in [5.74, 6) is 4.38. The number of aromatic nitrogens is 2. The summed E-state index contributed by atoms with van der Waals surface area (Å²) in [6, 6.07) is 17.8. The van der Waals surface area contributed by atoms with Crippen molar-refractivity contribution >= 4 is 239 Å². The van der Waals surface area contributed by atoms with Crippen molar-refractivity contribution in [2.45, 2.75) is 32.6 Å². The van der Waals surface area contributed by atoms with Crippen LogP contribution in [-0.2, 0) is 11.8 Å². The summed E-state index contributed by atoms with van der Waals surface area (Å²) in [4.78, 5) is 5.37. The van der Waals surface area contributed by atoms with Crippen molar-refractivity contribution < 1.29 is 5.11 Å². The molecule has 8 rings (SSSR count). The molecule has 1 N–H and O–H groups in total. The molecule has 0 aliphatic heterocycles. The number of rotatable bonds is 6. The molecule has 0 radical (unpaired) electrons. The number of fused-ring (bicyclic) bond motifs is 3. The molecule has 0 spiro atoms. The normalized spacial score (nSPS) is 15.4. The van der Waals surface area contributed by atoms with Gasteiger partial charge in [0.15, 0.2) is 0 Å². The van der Waals surface area contributed by atoms with Crippen LogP contribution in [-0.4, -0.2) is 156 Å². The van der Waals surface area contributed by atoms with Crippen molar-refractivity contribution in [3.8, 4) is 46.3 Å². The Balaban J connectivity index is 1.46. The van der Waals surface area contributed by atoms with Crippen LogP contribution >= 0.6 is 0 Å². The van der Waals surface area contributed by atoms with E-state index in [1.54, 1.807) is 0 Å². The van der Waals surface area contributed by atoms with Crippen LogP contribution in [0.15, 0.2) is 76.0 Å². The molecule has 1 aliphatic carbocycles. The quantitative estimate of drug-likeness (QED) is 0.133. The number of imidazole rings is 1. The SMILES string of the molecule is B=c1c(C/C(B)=C2\C(=C(\B)C#C)c3c(B)c(B)c(B)c(O)c3C2(C)C)c2c(B)c(B)c(B)c(B)c2c(-c2ccc(-n3c(-c4c(B)c(B)c(B)c(B)c4B)nc4ccccc43)cc2)/c1=C(B)/C(B)=C(/B)C. The predicted octanol–water partition coefficient (Wildman–Crippen LogP) is -15.9. The van der Waals surface area contributed by atoms with Crippen molar-refractivity contribution in [2.24, 2.45) is 0 Å². The fourth-order valence-electron chi connectivity index (χ4n) is 12.3. The first-order valence-corrected chi connectivity index (χ1v) is 25.1. The van der Waals surface area contributed by atoms with Gasteiger partial charge >= 0.3 is 407 Å². The van der Waals surface area contributed by atoms with Crippen molar-refractivity contribution in [2.75, 3.05) is 0 Å². The topological polar surface area (TPSA) is 38.0 Å². The van der Waals surface area contributed by atoms with E-state index in [1.807, 2.05) is 7.85 Å². The number of aromatic hydroxyl groups is 1. The number of phenols is 1. The van der Waals surface area contributed by atoms with Gasteiger partial charge in [-0.3, -0.25) is 0 Å². The van der Waals surface area contributed by atoms with Crippen molar-refractivity contribution in [3.63, 3.8) is 0 Å². The van der Waals surface area contributed by atoms with E-state index in [2.05, 4.69) is 205 Å². The average Bonchev–Trinajstić information content (AvgIpc) is 3.83. The van der Waals surface area contributed by atoms with Crippen molar-refractivity contribution in [1.82, 2.24) is 9.55 Å². The van der Waals surface area contributed by atoms with E-state index in [9.17, 15) is 5.11 Å². The van der Waals surface area contributed by atoms with E-state index in [1.165, 1.54) is 115 Å². The van der Waals surface area contributed by atoms with E-state index in [-0.39, 0.29) is 0 Å². The number of hydrogen-bond acceptors (Lipinski definition) is 2. The Morgan fingerprint density at radius 1 is 0.671 bits per heavy atom. The molecule has 0 saturated carbocycles. The van der Waals surface area contributed by atoms with E-state index in [4.69, 9.17) is 18.9 Å². The fourth-order valence-corrected chi connectivity index (χ4v) is 12.3. The third-order valence-electron chi connectivity index (χ3n) is 17.6. The van der Waals surface area contributed by atoms with Gasteiger partial charge in [-0.2, -0.15) is 0 Å². The van der Waals surface area contributed by atoms with Crippen molar-refractivity contribution in [3.05, 3.63) is 103 Å². The Bertz CT molecular complexity index is 3750. The Hall–Kier alpha value is -5.33. The number of nitrogens with zero attached hydrogens (tertiary/aromatic N) is 2. The number of benzene rings is 6. The molecule has 6 aromatic carbocycles. The third-order valence-corrected chi connectivity index (χ3v) is 17.6. The third kappa shape index (κ3) is 7.55. The number of hydrogen-bond donors (Lipinski definition) is 1. The molecule has 1 heterocycles. The van der Waals surface area contributed by atoms with Gasteiger partial charge in [0.1, 0.15) is 23.5 Å². The molecule has 322 valence electrons. The van der Waals surface area contributed by atoms with Crippen LogP contribution in [0.5, 0.6) is 5.75 Å². The Kier molecular flexibility index (Phi) is 13.4. The molecule has 0 fully saturated rings. The van der Waals surface area contributed by atoms with Gasteiger partial charge in [-0.1, -0.05) is 0 Å². The first kappa shape index (κ1) is 51.0. The molecule has 0 amide bonds. The minimum atomic E-state index is -0.505. The molecule has 1 aromatic heterocycles. The Labute approximate surface area is 433 Å². The predicted molar refractivity (Wildman–Crippen MR) is 360 cm³/mol. The summed E-state index contributed by atoms with van der Waals surface area (Å²) in [5.41, 5.74) is 32.6. The van der Waals surface area contributed by atoms with Crippen molar-refractivity contribution in [1.29, 1.82) is 0 Å². The second-order valence-corrected chi connectivity index (χ2v) is 21.6. The molecule has 70 heavy (non-hydrogen) atoms. The molecule has 0 unspecified atom stereocenters. The number of terminal acetylenes is 1. The molecular formula is C49H56B18N2O. The Morgan fingerprint density at radius 3 is 1.76 bits per heavy atom. The van der Waals surface area contributed by atoms with Gasteiger partial charge < -0.3 is 0 Å². The maximum absolute atomic E-state index is 12.0. The van der Waals surface area contributed by atoms with Gasteiger partial charge in [-0.05, 0) is 0 Å². The van der Waals surface area contributed by atoms with Gasteiger partial charge in [-0.25, -0.2) is 0 Å². The van der Waals surface area contributed by atoms with Gasteiger partial charge in [-0.15, -0.1) is 5.46 Å². The molecule has 0 atom stereocenters. The standard InChI is InChI=1S/C49H56B18N2O/c1-5-19(51)25-27-31(47(70)46(67)44(65)36(27)57)49(3,4)30(25)20(52)14-18-24-26(35(56)41(62)40(61)34(24)55)23(28(33(18)54)37(58)32(53)15(2)50)16-10-12-17(13-11-16)69-22-9-7-6-8-21(22)68-48(69)29-38(59)42(63)45(66)43(64)39(29)60/h1,6-13,54,70H,14,50-53,55-67H2,2-4H3/b25-19+,30-20-,32-15-,37-28+. The molecule has 21 heteroatoms. The monoisotopic (exact) mass is 887 g/mol. The van der Waals surface area contributed by atoms with E-state index in [0.717, 1.165) is 66.3 Å². The first-order valence-electron chi connectivity index (χ1n) is 25.1. The first-order chi connectivity index (χ1) is 32.8. The summed E-state index contributed by atoms with van der Waals surface area (Å²) >= 11 is 0. The molecular weight excluding hydrogens is 827 g/mol. The van der Waals surface area contributed by atoms with Gasteiger partial charge in [0.2, 0.25) is 0 Å². The zero-order valence-corrected chi connectivity index (χ0v) is 46.0. The van der Waals surface area contributed by atoms with Crippen LogP contribution in [0, 0.1) is 17.5 Å². The van der Waals surface area contributed by atoms with Crippen LogP contribution in [0.3, 0.4) is 0 Å².